The van der Waals surface area contributed by atoms with Crippen molar-refractivity contribution in [2.75, 3.05) is 4.90 Å². The Labute approximate surface area is 316 Å². The Morgan fingerprint density at radius 2 is 0.902 bits per heavy atom. The number of fused-ring (bicyclic) bond motifs is 2. The second-order valence-corrected chi connectivity index (χ2v) is 12.0. The van der Waals surface area contributed by atoms with Crippen molar-refractivity contribution in [3.8, 4) is 44.5 Å². The maximum atomic E-state index is 9.80. The number of hydrogen-bond donors (Lipinski definition) is 0. The third kappa shape index (κ3) is 6.07. The molecule has 0 aromatic heterocycles. The summed E-state index contributed by atoms with van der Waals surface area (Å²) in [5, 5.41) is 3.10. The van der Waals surface area contributed by atoms with E-state index in [0.29, 0.717) is 22.1 Å². The van der Waals surface area contributed by atoms with Crippen molar-refractivity contribution < 1.29 is 16.4 Å². The SMILES string of the molecule is [2H]c1c([2H])c(-c2cccc3ccccc23)c([2H])c(N(c2c([2H])c([2H])c(-c3cccc(-c4ccccc4)c3)c([2H])c2[2H])c2c([2H])c([2H])c(-c3ccc4ccccc4c3)c([2H])c2[2H])c1[2H]. The number of nitrogens with zero attached hydrogens (tertiary/aromatic N) is 1. The molecule has 1 nitrogen and oxygen atoms in total. The monoisotopic (exact) mass is 661 g/mol. The zero-order chi connectivity index (χ0) is 44.4. The summed E-state index contributed by atoms with van der Waals surface area (Å²) in [7, 11) is 0. The van der Waals surface area contributed by atoms with Gasteiger partial charge in [0.25, 0.3) is 0 Å². The Morgan fingerprint density at radius 3 is 1.65 bits per heavy atom. The summed E-state index contributed by atoms with van der Waals surface area (Å²) in [5.41, 5.74) is 0.972. The fourth-order valence-electron chi connectivity index (χ4n) is 6.31. The Kier molecular flexibility index (Phi) is 5.24. The molecule has 0 aliphatic heterocycles. The highest BCUT2D eigenvalue weighted by Crippen LogP contribution is 2.40. The van der Waals surface area contributed by atoms with Gasteiger partial charge in [0.15, 0.2) is 0 Å². The van der Waals surface area contributed by atoms with E-state index in [2.05, 4.69) is 0 Å². The fourth-order valence-corrected chi connectivity index (χ4v) is 6.31. The molecular weight excluding hydrogens is 615 g/mol. The molecule has 0 heterocycles. The Bertz CT molecular complexity index is 3270. The zero-order valence-corrected chi connectivity index (χ0v) is 27.2. The summed E-state index contributed by atoms with van der Waals surface area (Å²) in [4.78, 5) is 0.895. The van der Waals surface area contributed by atoms with Crippen LogP contribution in [0.2, 0.25) is 0 Å². The van der Waals surface area contributed by atoms with Crippen LogP contribution in [-0.4, -0.2) is 0 Å². The summed E-state index contributed by atoms with van der Waals surface area (Å²) < 4.78 is 113. The van der Waals surface area contributed by atoms with Crippen molar-refractivity contribution in [3.63, 3.8) is 0 Å². The van der Waals surface area contributed by atoms with Crippen LogP contribution in [0.15, 0.2) is 212 Å². The molecule has 0 atom stereocenters. The van der Waals surface area contributed by atoms with Gasteiger partial charge in [-0.25, -0.2) is 0 Å². The molecule has 240 valence electrons. The minimum Gasteiger partial charge on any atom is -0.310 e. The number of hydrogen-bond acceptors (Lipinski definition) is 1. The minimum absolute atomic E-state index is 0.0380. The van der Waals surface area contributed by atoms with Crippen LogP contribution < -0.4 is 4.90 Å². The first-order valence-corrected chi connectivity index (χ1v) is 16.5. The minimum atomic E-state index is -0.721. The maximum absolute atomic E-state index is 9.80. The molecule has 0 spiro atoms. The molecule has 0 bridgehead atoms. The molecule has 0 saturated carbocycles. The van der Waals surface area contributed by atoms with E-state index in [9.17, 15) is 13.7 Å². The van der Waals surface area contributed by atoms with Gasteiger partial charge in [0, 0.05) is 17.1 Å². The van der Waals surface area contributed by atoms with Crippen molar-refractivity contribution in [2.45, 2.75) is 0 Å². The lowest BCUT2D eigenvalue weighted by Gasteiger charge is -2.26. The van der Waals surface area contributed by atoms with Crippen molar-refractivity contribution in [1.82, 2.24) is 0 Å². The van der Waals surface area contributed by atoms with Gasteiger partial charge in [-0.2, -0.15) is 0 Å². The quantitative estimate of drug-likeness (QED) is 0.164. The second-order valence-electron chi connectivity index (χ2n) is 12.0. The van der Waals surface area contributed by atoms with E-state index < -0.39 is 89.6 Å². The smallest absolute Gasteiger partial charge is 0.0651 e. The molecule has 1 heteroatoms. The highest BCUT2D eigenvalue weighted by Gasteiger charge is 2.15. The van der Waals surface area contributed by atoms with E-state index in [1.165, 1.54) is 0 Å². The highest BCUT2D eigenvalue weighted by atomic mass is 15.1. The van der Waals surface area contributed by atoms with E-state index in [1.807, 2.05) is 84.9 Å². The van der Waals surface area contributed by atoms with Gasteiger partial charge in [-0.1, -0.05) is 164 Å². The highest BCUT2D eigenvalue weighted by molar-refractivity contribution is 5.97. The average Bonchev–Trinajstić information content (AvgIpc) is 3.30. The topological polar surface area (TPSA) is 3.24 Å². The molecule has 0 aliphatic rings. The third-order valence-electron chi connectivity index (χ3n) is 8.86. The molecule has 0 amide bonds. The van der Waals surface area contributed by atoms with Crippen LogP contribution in [-0.2, 0) is 0 Å². The van der Waals surface area contributed by atoms with Crippen molar-refractivity contribution >= 4 is 38.6 Å². The first kappa shape index (κ1) is 20.1. The van der Waals surface area contributed by atoms with Crippen LogP contribution in [0.1, 0.15) is 16.4 Å². The van der Waals surface area contributed by atoms with Gasteiger partial charge < -0.3 is 4.90 Å². The molecule has 9 rings (SSSR count). The number of rotatable bonds is 7. The van der Waals surface area contributed by atoms with Gasteiger partial charge in [-0.3, -0.25) is 0 Å². The maximum Gasteiger partial charge on any atom is 0.0651 e. The summed E-state index contributed by atoms with van der Waals surface area (Å²) >= 11 is 0. The molecule has 0 N–H and O–H groups in total. The Morgan fingerprint density at radius 1 is 0.333 bits per heavy atom. The lowest BCUT2D eigenvalue weighted by atomic mass is 9.97. The van der Waals surface area contributed by atoms with Crippen LogP contribution in [0, 0.1) is 0 Å². The van der Waals surface area contributed by atoms with Crippen LogP contribution in [0.3, 0.4) is 0 Å². The molecular formula is C50H35N. The van der Waals surface area contributed by atoms with Crippen LogP contribution >= 0.6 is 0 Å². The van der Waals surface area contributed by atoms with E-state index in [0.717, 1.165) is 32.2 Å². The molecule has 9 aromatic rings. The Hall–Kier alpha value is -6.70. The molecule has 0 fully saturated rings. The van der Waals surface area contributed by atoms with E-state index in [4.69, 9.17) is 2.74 Å². The zero-order valence-electron chi connectivity index (χ0n) is 39.2. The molecule has 0 unspecified atom stereocenters. The molecule has 9 aromatic carbocycles. The van der Waals surface area contributed by atoms with Crippen molar-refractivity contribution in [2.24, 2.45) is 0 Å². The predicted molar refractivity (Wildman–Crippen MR) is 218 cm³/mol. The van der Waals surface area contributed by atoms with Gasteiger partial charge in [-0.15, -0.1) is 0 Å². The molecule has 0 radical (unpaired) electrons. The number of anilines is 3. The predicted octanol–water partition coefficient (Wildman–Crippen LogP) is 14.1. The van der Waals surface area contributed by atoms with Gasteiger partial charge in [0.1, 0.15) is 0 Å². The van der Waals surface area contributed by atoms with Crippen LogP contribution in [0.25, 0.3) is 66.1 Å². The van der Waals surface area contributed by atoms with E-state index >= 15 is 0 Å². The second kappa shape index (κ2) is 13.3. The lowest BCUT2D eigenvalue weighted by Crippen LogP contribution is -2.10. The largest absolute Gasteiger partial charge is 0.310 e. The molecule has 0 saturated heterocycles. The normalized spacial score (nSPS) is 14.4. The average molecular weight is 662 g/mol. The van der Waals surface area contributed by atoms with E-state index in [-0.39, 0.29) is 16.7 Å². The van der Waals surface area contributed by atoms with Gasteiger partial charge >= 0.3 is 0 Å². The van der Waals surface area contributed by atoms with Gasteiger partial charge in [0.2, 0.25) is 0 Å². The van der Waals surface area contributed by atoms with Crippen LogP contribution in [0.4, 0.5) is 17.1 Å². The standard InChI is InChI=1S/C50H35N/c1-2-11-36(12-3-1)42-17-8-18-43(33-42)38-25-29-46(30-26-38)51(47-31-27-39(28-32-47)44-24-23-37-13-4-5-15-41(37)34-44)48-20-9-19-45(35-48)50-22-10-16-40-14-6-7-21-49(40)50/h1-35H/i9D,19D,20D,25D,26D,27D,28D,29D,30D,31D,32D,35D. The number of benzene rings is 9. The summed E-state index contributed by atoms with van der Waals surface area (Å²) in [6.45, 7) is 0. The van der Waals surface area contributed by atoms with Gasteiger partial charge in [0.05, 0.1) is 16.4 Å². The molecule has 0 aliphatic carbocycles. The van der Waals surface area contributed by atoms with Crippen molar-refractivity contribution in [3.05, 3.63) is 212 Å². The third-order valence-corrected chi connectivity index (χ3v) is 8.86. The van der Waals surface area contributed by atoms with Crippen molar-refractivity contribution in [1.29, 1.82) is 0 Å². The first-order valence-electron chi connectivity index (χ1n) is 22.5. The summed E-state index contributed by atoms with van der Waals surface area (Å²) in [5.74, 6) is 0. The summed E-state index contributed by atoms with van der Waals surface area (Å²) in [6, 6.07) is 34.8. The van der Waals surface area contributed by atoms with Gasteiger partial charge in [-0.05, 0) is 114 Å². The Balaban J connectivity index is 1.36. The van der Waals surface area contributed by atoms with Crippen LogP contribution in [0.5, 0.6) is 0 Å². The molecule has 51 heavy (non-hydrogen) atoms. The fraction of sp³-hybridized carbons (Fsp3) is 0. The van der Waals surface area contributed by atoms with E-state index in [1.54, 1.807) is 54.6 Å². The first-order chi connectivity index (χ1) is 30.3. The summed E-state index contributed by atoms with van der Waals surface area (Å²) in [6.07, 6.45) is 0. The lowest BCUT2D eigenvalue weighted by molar-refractivity contribution is 1.28.